The van der Waals surface area contributed by atoms with Crippen molar-refractivity contribution in [1.82, 2.24) is 15.0 Å². The number of hydrogen-bond donors (Lipinski definition) is 2. The van der Waals surface area contributed by atoms with Crippen molar-refractivity contribution in [2.45, 2.75) is 44.8 Å². The molecule has 2 N–H and O–H groups in total. The summed E-state index contributed by atoms with van der Waals surface area (Å²) in [5, 5.41) is 21.2. The normalized spacial score (nSPS) is 26.4. The van der Waals surface area contributed by atoms with Gasteiger partial charge >= 0.3 is 0 Å². The lowest BCUT2D eigenvalue weighted by atomic mass is 9.77. The number of likely N-dealkylation sites (tertiary alicyclic amines) is 1. The summed E-state index contributed by atoms with van der Waals surface area (Å²) in [6.45, 7) is 2.34. The lowest BCUT2D eigenvalue weighted by Crippen LogP contribution is -2.46. The van der Waals surface area contributed by atoms with Crippen LogP contribution < -0.4 is 0 Å². The highest BCUT2D eigenvalue weighted by molar-refractivity contribution is 5.44. The Morgan fingerprint density at radius 2 is 2.20 bits per heavy atom. The van der Waals surface area contributed by atoms with E-state index in [2.05, 4.69) is 15.0 Å². The average molecular weight is 349 g/mol. The summed E-state index contributed by atoms with van der Waals surface area (Å²) in [7, 11) is 0. The number of aliphatic hydroxyl groups is 1. The smallest absolute Gasteiger partial charge is 0.290 e. The Bertz CT molecular complexity index is 672. The standard InChI is InChI=1S/C16H21N3O3.CH2O2/c20-13-5-1-6-16(13)7-3-8-19(11-16)10-14-17-15(18-22-14)12-4-2-9-21-12;2-1-3/h2,4,9,13,20H,1,3,5-8,10-11H2;1H,(H,2,3)/t13-,16+;/m1./s1. The van der Waals surface area contributed by atoms with E-state index in [-0.39, 0.29) is 18.0 Å². The second-order valence-corrected chi connectivity index (χ2v) is 6.68. The molecule has 1 saturated heterocycles. The fraction of sp³-hybridized carbons (Fsp3) is 0.588. The average Bonchev–Trinajstić information content (AvgIpc) is 3.32. The molecule has 3 heterocycles. The zero-order valence-electron chi connectivity index (χ0n) is 14.0. The molecule has 1 saturated carbocycles. The molecule has 1 spiro atoms. The first kappa shape index (κ1) is 17.6. The molecule has 8 heteroatoms. The van der Waals surface area contributed by atoms with Gasteiger partial charge in [-0.05, 0) is 44.4 Å². The van der Waals surface area contributed by atoms with Gasteiger partial charge in [-0.15, -0.1) is 0 Å². The molecule has 136 valence electrons. The molecule has 2 aromatic heterocycles. The van der Waals surface area contributed by atoms with Crippen molar-refractivity contribution in [2.24, 2.45) is 5.41 Å². The van der Waals surface area contributed by atoms with Gasteiger partial charge < -0.3 is 19.2 Å². The van der Waals surface area contributed by atoms with E-state index in [0.29, 0.717) is 24.0 Å². The maximum absolute atomic E-state index is 10.3. The highest BCUT2D eigenvalue weighted by atomic mass is 16.5. The minimum absolute atomic E-state index is 0.0854. The minimum Gasteiger partial charge on any atom is -0.483 e. The number of rotatable bonds is 3. The predicted octanol–water partition coefficient (Wildman–Crippen LogP) is 2.16. The third-order valence-corrected chi connectivity index (χ3v) is 5.12. The Hall–Kier alpha value is -2.19. The third kappa shape index (κ3) is 3.91. The van der Waals surface area contributed by atoms with Crippen LogP contribution in [0.1, 0.15) is 38.0 Å². The molecule has 2 aliphatic rings. The van der Waals surface area contributed by atoms with E-state index in [1.165, 1.54) is 0 Å². The van der Waals surface area contributed by atoms with Crippen molar-refractivity contribution in [1.29, 1.82) is 0 Å². The predicted molar refractivity (Wildman–Crippen MR) is 87.5 cm³/mol. The molecule has 0 radical (unpaired) electrons. The van der Waals surface area contributed by atoms with E-state index in [1.807, 2.05) is 6.07 Å². The molecule has 0 bridgehead atoms. The van der Waals surface area contributed by atoms with E-state index in [0.717, 1.165) is 45.2 Å². The first-order valence-electron chi connectivity index (χ1n) is 8.51. The Kier molecular flexibility index (Phi) is 5.50. The molecule has 0 aromatic carbocycles. The quantitative estimate of drug-likeness (QED) is 0.811. The van der Waals surface area contributed by atoms with Gasteiger partial charge in [-0.2, -0.15) is 4.98 Å². The van der Waals surface area contributed by atoms with E-state index in [9.17, 15) is 5.11 Å². The van der Waals surface area contributed by atoms with Gasteiger partial charge in [-0.25, -0.2) is 0 Å². The maximum atomic E-state index is 10.3. The number of hydrogen-bond acceptors (Lipinski definition) is 7. The molecule has 2 aromatic rings. The summed E-state index contributed by atoms with van der Waals surface area (Å²) < 4.78 is 10.6. The van der Waals surface area contributed by atoms with Crippen LogP contribution in [-0.2, 0) is 11.3 Å². The number of piperidine rings is 1. The summed E-state index contributed by atoms with van der Waals surface area (Å²) >= 11 is 0. The van der Waals surface area contributed by atoms with Crippen LogP contribution in [0.15, 0.2) is 27.3 Å². The van der Waals surface area contributed by atoms with Crippen molar-refractivity contribution in [3.63, 3.8) is 0 Å². The third-order valence-electron chi connectivity index (χ3n) is 5.12. The zero-order chi connectivity index (χ0) is 17.7. The fourth-order valence-electron chi connectivity index (χ4n) is 4.01. The van der Waals surface area contributed by atoms with Gasteiger partial charge in [-0.1, -0.05) is 11.6 Å². The van der Waals surface area contributed by atoms with E-state index >= 15 is 0 Å². The Labute approximate surface area is 145 Å². The molecular weight excluding hydrogens is 326 g/mol. The zero-order valence-corrected chi connectivity index (χ0v) is 14.0. The lowest BCUT2D eigenvalue weighted by molar-refractivity contribution is -0.122. The second-order valence-electron chi connectivity index (χ2n) is 6.68. The van der Waals surface area contributed by atoms with Crippen molar-refractivity contribution in [2.75, 3.05) is 13.1 Å². The van der Waals surface area contributed by atoms with E-state index < -0.39 is 0 Å². The summed E-state index contributed by atoms with van der Waals surface area (Å²) in [5.41, 5.74) is 0.0854. The van der Waals surface area contributed by atoms with Crippen LogP contribution in [0.4, 0.5) is 0 Å². The SMILES string of the molecule is O=CO.O[C@@H]1CCC[C@@]12CCCN(Cc1nc(-c3ccco3)no1)C2. The number of carbonyl (C=O) groups is 1. The molecule has 25 heavy (non-hydrogen) atoms. The molecule has 2 atom stereocenters. The van der Waals surface area contributed by atoms with Gasteiger partial charge in [0.15, 0.2) is 5.76 Å². The lowest BCUT2D eigenvalue weighted by Gasteiger charge is -2.42. The van der Waals surface area contributed by atoms with Gasteiger partial charge in [0.1, 0.15) is 0 Å². The molecular formula is C17H23N3O5. The topological polar surface area (TPSA) is 113 Å². The van der Waals surface area contributed by atoms with Crippen LogP contribution in [-0.4, -0.2) is 50.9 Å². The Morgan fingerprint density at radius 1 is 1.40 bits per heavy atom. The summed E-state index contributed by atoms with van der Waals surface area (Å²) in [4.78, 5) is 15.1. The molecule has 0 amide bonds. The van der Waals surface area contributed by atoms with Crippen LogP contribution in [0.5, 0.6) is 0 Å². The summed E-state index contributed by atoms with van der Waals surface area (Å²) in [6.07, 6.45) is 6.90. The first-order valence-corrected chi connectivity index (χ1v) is 8.51. The number of aromatic nitrogens is 2. The second kappa shape index (κ2) is 7.79. The van der Waals surface area contributed by atoms with Gasteiger partial charge in [0.05, 0.1) is 18.9 Å². The molecule has 2 fully saturated rings. The molecule has 0 unspecified atom stereocenters. The number of nitrogens with zero attached hydrogens (tertiary/aromatic N) is 3. The molecule has 1 aliphatic carbocycles. The summed E-state index contributed by atoms with van der Waals surface area (Å²) in [5.74, 6) is 1.72. The van der Waals surface area contributed by atoms with Crippen LogP contribution in [0.2, 0.25) is 0 Å². The fourth-order valence-corrected chi connectivity index (χ4v) is 4.01. The highest BCUT2D eigenvalue weighted by Gasteiger charge is 2.44. The van der Waals surface area contributed by atoms with Crippen molar-refractivity contribution in [3.05, 3.63) is 24.3 Å². The van der Waals surface area contributed by atoms with E-state index in [4.69, 9.17) is 18.8 Å². The van der Waals surface area contributed by atoms with Crippen LogP contribution >= 0.6 is 0 Å². The van der Waals surface area contributed by atoms with Gasteiger partial charge in [0.25, 0.3) is 6.47 Å². The minimum atomic E-state index is -0.250. The first-order chi connectivity index (χ1) is 12.2. The van der Waals surface area contributed by atoms with Gasteiger partial charge in [0.2, 0.25) is 11.7 Å². The largest absolute Gasteiger partial charge is 0.483 e. The Balaban J connectivity index is 0.000000569. The maximum Gasteiger partial charge on any atom is 0.290 e. The van der Waals surface area contributed by atoms with E-state index in [1.54, 1.807) is 12.3 Å². The highest BCUT2D eigenvalue weighted by Crippen LogP contribution is 2.45. The molecule has 8 nitrogen and oxygen atoms in total. The molecule has 1 aliphatic heterocycles. The Morgan fingerprint density at radius 3 is 2.88 bits per heavy atom. The number of furan rings is 1. The van der Waals surface area contributed by atoms with Crippen molar-refractivity contribution < 1.29 is 23.9 Å². The molecule has 4 rings (SSSR count). The number of carboxylic acid groups (broad SMARTS) is 1. The summed E-state index contributed by atoms with van der Waals surface area (Å²) in [6, 6.07) is 3.63. The van der Waals surface area contributed by atoms with Crippen LogP contribution in [0.3, 0.4) is 0 Å². The van der Waals surface area contributed by atoms with Crippen molar-refractivity contribution in [3.8, 4) is 11.6 Å². The van der Waals surface area contributed by atoms with Gasteiger partial charge in [-0.3, -0.25) is 9.69 Å². The van der Waals surface area contributed by atoms with Crippen LogP contribution in [0, 0.1) is 5.41 Å². The van der Waals surface area contributed by atoms with Gasteiger partial charge in [0, 0.05) is 12.0 Å². The monoisotopic (exact) mass is 349 g/mol. The van der Waals surface area contributed by atoms with Crippen LogP contribution in [0.25, 0.3) is 11.6 Å². The van der Waals surface area contributed by atoms with Crippen molar-refractivity contribution >= 4 is 6.47 Å². The number of aliphatic hydroxyl groups excluding tert-OH is 1.